The predicted molar refractivity (Wildman–Crippen MR) is 46.3 cm³/mol. The summed E-state index contributed by atoms with van der Waals surface area (Å²) in [6.07, 6.45) is 0. The summed E-state index contributed by atoms with van der Waals surface area (Å²) >= 11 is 0. The van der Waals surface area contributed by atoms with Gasteiger partial charge in [0.05, 0.1) is 5.97 Å². The molecule has 0 aromatic carbocycles. The molecule has 13 heavy (non-hydrogen) atoms. The summed E-state index contributed by atoms with van der Waals surface area (Å²) < 4.78 is 23.6. The summed E-state index contributed by atoms with van der Waals surface area (Å²) in [5.41, 5.74) is -0.617. The Bertz CT molecular complexity index is 288. The Morgan fingerprint density at radius 3 is 2.00 bits per heavy atom. The van der Waals surface area contributed by atoms with Gasteiger partial charge in [0.25, 0.3) is 0 Å². The molecule has 0 radical (unpaired) electrons. The second-order valence-corrected chi connectivity index (χ2v) is 5.77. The van der Waals surface area contributed by atoms with Gasteiger partial charge in [0, 0.05) is 12.6 Å². The van der Waals surface area contributed by atoms with Crippen molar-refractivity contribution in [3.05, 3.63) is 0 Å². The lowest BCUT2D eigenvalue weighted by molar-refractivity contribution is -0.301. The van der Waals surface area contributed by atoms with E-state index in [1.165, 1.54) is 7.05 Å². The molecule has 0 fully saturated rings. The van der Waals surface area contributed by atoms with E-state index in [2.05, 4.69) is 0 Å². The van der Waals surface area contributed by atoms with Crippen LogP contribution >= 0.6 is 0 Å². The van der Waals surface area contributed by atoms with E-state index in [9.17, 15) is 18.3 Å². The maximum absolute atomic E-state index is 11.3. The zero-order valence-corrected chi connectivity index (χ0v) is 9.01. The molecular weight excluding hydrogens is 194 g/mol. The molecule has 0 amide bonds. The third-order valence-electron chi connectivity index (χ3n) is 1.66. The predicted octanol–water partition coefficient (Wildman–Crippen LogP) is -1.20. The van der Waals surface area contributed by atoms with Crippen LogP contribution in [0.1, 0.15) is 20.8 Å². The first-order chi connectivity index (χ1) is 5.57. The Balaban J connectivity index is 4.77. The number of hydrogen-bond donors (Lipinski definition) is 0. The van der Waals surface area contributed by atoms with Crippen molar-refractivity contribution in [1.29, 1.82) is 0 Å². The van der Waals surface area contributed by atoms with E-state index in [1.54, 1.807) is 20.8 Å². The van der Waals surface area contributed by atoms with Crippen LogP contribution in [0.15, 0.2) is 0 Å². The van der Waals surface area contributed by atoms with E-state index in [4.69, 9.17) is 0 Å². The second kappa shape index (κ2) is 3.63. The highest BCUT2D eigenvalue weighted by Gasteiger charge is 2.28. The lowest BCUT2D eigenvalue weighted by Crippen LogP contribution is -2.46. The Kier molecular flexibility index (Phi) is 3.46. The van der Waals surface area contributed by atoms with E-state index >= 15 is 0 Å². The number of hydrogen-bond acceptors (Lipinski definition) is 4. The lowest BCUT2D eigenvalue weighted by atomic mass is 10.1. The summed E-state index contributed by atoms with van der Waals surface area (Å²) in [5.74, 6) is -2.56. The Morgan fingerprint density at radius 1 is 1.38 bits per heavy atom. The van der Waals surface area contributed by atoms with E-state index in [-0.39, 0.29) is 0 Å². The molecule has 0 aliphatic carbocycles. The third-order valence-corrected chi connectivity index (χ3v) is 3.64. The van der Waals surface area contributed by atoms with Gasteiger partial charge in [0.2, 0.25) is 10.0 Å². The fourth-order valence-corrected chi connectivity index (χ4v) is 1.99. The van der Waals surface area contributed by atoms with Crippen LogP contribution < -0.4 is 5.11 Å². The average Bonchev–Trinajstić information content (AvgIpc) is 1.80. The number of sulfonamides is 1. The maximum atomic E-state index is 11.3. The van der Waals surface area contributed by atoms with Crippen molar-refractivity contribution in [3.63, 3.8) is 0 Å². The molecule has 78 valence electrons. The molecule has 5 nitrogen and oxygen atoms in total. The van der Waals surface area contributed by atoms with Crippen LogP contribution in [-0.2, 0) is 14.8 Å². The number of carbonyl (C=O) groups is 1. The normalized spacial score (nSPS) is 13.3. The first-order valence-electron chi connectivity index (χ1n) is 3.74. The molecule has 0 atom stereocenters. The number of carboxylic acids is 1. The number of nitrogens with zero attached hydrogens (tertiary/aromatic N) is 1. The van der Waals surface area contributed by atoms with Crippen LogP contribution in [0.3, 0.4) is 0 Å². The van der Waals surface area contributed by atoms with Crippen LogP contribution in [0, 0.1) is 0 Å². The quantitative estimate of drug-likeness (QED) is 0.583. The maximum Gasteiger partial charge on any atom is 0.219 e. The van der Waals surface area contributed by atoms with Crippen molar-refractivity contribution < 1.29 is 18.3 Å². The molecule has 0 N–H and O–H groups in total. The van der Waals surface area contributed by atoms with Crippen LogP contribution in [0.2, 0.25) is 0 Å². The highest BCUT2D eigenvalue weighted by molar-refractivity contribution is 7.89. The molecule has 0 bridgehead atoms. The van der Waals surface area contributed by atoms with Gasteiger partial charge in [0.1, 0.15) is 5.75 Å². The standard InChI is InChI=1S/C7H15NO4S/c1-7(2,3)8(4)13(11,12)5-6(9)10/h5H2,1-4H3,(H,9,10)/p-1. The fourth-order valence-electron chi connectivity index (χ4n) is 0.663. The second-order valence-electron chi connectivity index (χ2n) is 3.77. The molecule has 0 spiro atoms. The molecule has 0 aliphatic heterocycles. The molecule has 6 heteroatoms. The van der Waals surface area contributed by atoms with Crippen molar-refractivity contribution >= 4 is 16.0 Å². The SMILES string of the molecule is CN(C(C)(C)C)S(=O)(=O)CC(=O)[O-]. The minimum absolute atomic E-state index is 0.617. The van der Waals surface area contributed by atoms with Gasteiger partial charge in [-0.1, -0.05) is 0 Å². The smallest absolute Gasteiger partial charge is 0.219 e. The van der Waals surface area contributed by atoms with Gasteiger partial charge in [-0.05, 0) is 20.8 Å². The van der Waals surface area contributed by atoms with E-state index in [0.29, 0.717) is 0 Å². The Hall–Kier alpha value is -0.620. The molecule has 0 aromatic heterocycles. The fraction of sp³-hybridized carbons (Fsp3) is 0.857. The van der Waals surface area contributed by atoms with E-state index in [1.807, 2.05) is 0 Å². The number of aliphatic carboxylic acids is 1. The number of carboxylic acid groups (broad SMARTS) is 1. The summed E-state index contributed by atoms with van der Waals surface area (Å²) in [6.45, 7) is 5.04. The van der Waals surface area contributed by atoms with Crippen LogP contribution in [0.5, 0.6) is 0 Å². The monoisotopic (exact) mass is 208 g/mol. The van der Waals surface area contributed by atoms with Crippen molar-refractivity contribution in [2.75, 3.05) is 12.8 Å². The first-order valence-corrected chi connectivity index (χ1v) is 5.35. The zero-order valence-electron chi connectivity index (χ0n) is 8.20. The minimum atomic E-state index is -3.75. The molecule has 0 unspecified atom stereocenters. The lowest BCUT2D eigenvalue weighted by Gasteiger charge is -2.30. The Labute approximate surface area is 78.4 Å². The molecule has 0 saturated carbocycles. The van der Waals surface area contributed by atoms with Crippen LogP contribution in [0.4, 0.5) is 0 Å². The summed E-state index contributed by atoms with van der Waals surface area (Å²) in [7, 11) is -2.40. The van der Waals surface area contributed by atoms with Gasteiger partial charge in [-0.25, -0.2) is 8.42 Å². The van der Waals surface area contributed by atoms with E-state index in [0.717, 1.165) is 4.31 Å². The third kappa shape index (κ3) is 3.73. The van der Waals surface area contributed by atoms with Crippen molar-refractivity contribution in [2.24, 2.45) is 0 Å². The van der Waals surface area contributed by atoms with Gasteiger partial charge in [-0.3, -0.25) is 0 Å². The Morgan fingerprint density at radius 2 is 1.77 bits per heavy atom. The van der Waals surface area contributed by atoms with Crippen molar-refractivity contribution in [3.8, 4) is 0 Å². The number of rotatable bonds is 3. The highest BCUT2D eigenvalue weighted by atomic mass is 32.2. The molecule has 0 aliphatic rings. The average molecular weight is 208 g/mol. The van der Waals surface area contributed by atoms with Crippen LogP contribution in [0.25, 0.3) is 0 Å². The molecule has 0 saturated heterocycles. The molecular formula is C7H14NO4S-. The summed E-state index contributed by atoms with van der Waals surface area (Å²) in [6, 6.07) is 0. The van der Waals surface area contributed by atoms with Gasteiger partial charge in [-0.2, -0.15) is 4.31 Å². The van der Waals surface area contributed by atoms with Gasteiger partial charge >= 0.3 is 0 Å². The topological polar surface area (TPSA) is 77.5 Å². The minimum Gasteiger partial charge on any atom is -0.549 e. The molecule has 0 heterocycles. The first kappa shape index (κ1) is 12.4. The van der Waals surface area contributed by atoms with Crippen molar-refractivity contribution in [1.82, 2.24) is 4.31 Å². The van der Waals surface area contributed by atoms with Crippen LogP contribution in [-0.4, -0.2) is 37.0 Å². The van der Waals surface area contributed by atoms with Gasteiger partial charge in [0.15, 0.2) is 0 Å². The largest absolute Gasteiger partial charge is 0.549 e. The zero-order chi connectivity index (χ0) is 10.9. The van der Waals surface area contributed by atoms with Gasteiger partial charge < -0.3 is 9.90 Å². The van der Waals surface area contributed by atoms with Gasteiger partial charge in [-0.15, -0.1) is 0 Å². The van der Waals surface area contributed by atoms with Crippen molar-refractivity contribution in [2.45, 2.75) is 26.3 Å². The molecule has 0 rings (SSSR count). The molecule has 0 aromatic rings. The summed E-state index contributed by atoms with van der Waals surface area (Å²) in [5, 5.41) is 10.1. The number of carbonyl (C=O) groups excluding carboxylic acids is 1. The van der Waals surface area contributed by atoms with E-state index < -0.39 is 27.3 Å². The highest BCUT2D eigenvalue weighted by Crippen LogP contribution is 2.15. The summed E-state index contributed by atoms with van der Waals surface area (Å²) in [4.78, 5) is 10.1.